The number of amides is 1. The maximum absolute atomic E-state index is 14.8. The minimum absolute atomic E-state index is 0.00529. The number of halogens is 3. The van der Waals surface area contributed by atoms with Crippen LogP contribution >= 0.6 is 27.5 Å². The standard InChI is InChI=1S/C20H21BrClFN4O6/c1-5-32-17(28)20(8-26(9-20)18(29)33-19(2,3)4)25-15-10-6-11(22)13(21)14(23)16(10)24-7-12(15)27(30)31/h6-7H,5,8-9H2,1-4H3,(H,24,25). The molecular weight excluding hydrogens is 527 g/mol. The average Bonchev–Trinajstić information content (AvgIpc) is 2.67. The number of anilines is 1. The van der Waals surface area contributed by atoms with E-state index in [0.29, 0.717) is 0 Å². The van der Waals surface area contributed by atoms with E-state index in [9.17, 15) is 24.1 Å². The van der Waals surface area contributed by atoms with Gasteiger partial charge in [0, 0.05) is 5.39 Å². The van der Waals surface area contributed by atoms with Crippen molar-refractivity contribution in [2.75, 3.05) is 25.0 Å². The van der Waals surface area contributed by atoms with E-state index >= 15 is 0 Å². The van der Waals surface area contributed by atoms with Crippen molar-refractivity contribution in [1.82, 2.24) is 9.88 Å². The van der Waals surface area contributed by atoms with Crippen molar-refractivity contribution in [3.8, 4) is 0 Å². The molecule has 0 atom stereocenters. The molecule has 0 unspecified atom stereocenters. The lowest BCUT2D eigenvalue weighted by Gasteiger charge is -2.48. The zero-order valence-electron chi connectivity index (χ0n) is 18.2. The van der Waals surface area contributed by atoms with Crippen molar-refractivity contribution in [2.24, 2.45) is 0 Å². The predicted octanol–water partition coefficient (Wildman–Crippen LogP) is 4.66. The average molecular weight is 548 g/mol. The minimum atomic E-state index is -1.53. The summed E-state index contributed by atoms with van der Waals surface area (Å²) in [7, 11) is 0. The van der Waals surface area contributed by atoms with Gasteiger partial charge in [-0.1, -0.05) is 11.6 Å². The molecule has 0 bridgehead atoms. The number of hydrogen-bond donors (Lipinski definition) is 1. The first kappa shape index (κ1) is 24.9. The highest BCUT2D eigenvalue weighted by Gasteiger charge is 2.54. The molecule has 3 rings (SSSR count). The molecule has 1 aromatic carbocycles. The van der Waals surface area contributed by atoms with Gasteiger partial charge in [-0.2, -0.15) is 0 Å². The number of rotatable bonds is 5. The van der Waals surface area contributed by atoms with E-state index in [1.165, 1.54) is 11.0 Å². The first-order valence-electron chi connectivity index (χ1n) is 9.83. The number of fused-ring (bicyclic) bond motifs is 1. The molecule has 13 heteroatoms. The molecule has 1 aliphatic rings. The summed E-state index contributed by atoms with van der Waals surface area (Å²) in [5.74, 6) is -1.54. The lowest BCUT2D eigenvalue weighted by atomic mass is 9.89. The molecule has 1 aromatic heterocycles. The van der Waals surface area contributed by atoms with Crippen molar-refractivity contribution in [2.45, 2.75) is 38.8 Å². The first-order valence-corrected chi connectivity index (χ1v) is 11.0. The lowest BCUT2D eigenvalue weighted by Crippen LogP contribution is -2.72. The summed E-state index contributed by atoms with van der Waals surface area (Å²) in [6, 6.07) is 1.30. The quantitative estimate of drug-likeness (QED) is 0.248. The number of likely N-dealkylation sites (tertiary alicyclic amines) is 1. The summed E-state index contributed by atoms with van der Waals surface area (Å²) in [5, 5.41) is 14.5. The summed E-state index contributed by atoms with van der Waals surface area (Å²) in [4.78, 5) is 41.4. The Balaban J connectivity index is 2.08. The van der Waals surface area contributed by atoms with Crippen LogP contribution in [0.2, 0.25) is 5.02 Å². The van der Waals surface area contributed by atoms with Crippen LogP contribution in [0.4, 0.5) is 20.6 Å². The van der Waals surface area contributed by atoms with Gasteiger partial charge in [0.1, 0.15) is 23.0 Å². The van der Waals surface area contributed by atoms with Crippen LogP contribution in [0.5, 0.6) is 0 Å². The second-order valence-electron chi connectivity index (χ2n) is 8.42. The van der Waals surface area contributed by atoms with Crippen LogP contribution in [0.15, 0.2) is 16.7 Å². The third-order valence-corrected chi connectivity index (χ3v) is 6.08. The highest BCUT2D eigenvalue weighted by atomic mass is 79.9. The largest absolute Gasteiger partial charge is 0.464 e. The Bertz CT molecular complexity index is 1150. The Hall–Kier alpha value is -2.73. The minimum Gasteiger partial charge on any atom is -0.464 e. The monoisotopic (exact) mass is 546 g/mol. The van der Waals surface area contributed by atoms with Crippen molar-refractivity contribution >= 4 is 61.9 Å². The number of benzene rings is 1. The highest BCUT2D eigenvalue weighted by molar-refractivity contribution is 9.10. The number of ether oxygens (including phenoxy) is 2. The fraction of sp³-hybridized carbons (Fsp3) is 0.450. The summed E-state index contributed by atoms with van der Waals surface area (Å²) in [5.41, 5.74) is -3.15. The van der Waals surface area contributed by atoms with Gasteiger partial charge in [0.25, 0.3) is 0 Å². The molecule has 33 heavy (non-hydrogen) atoms. The molecule has 0 spiro atoms. The second-order valence-corrected chi connectivity index (χ2v) is 9.62. The predicted molar refractivity (Wildman–Crippen MR) is 122 cm³/mol. The SMILES string of the molecule is CCOC(=O)C1(Nc2c([N+](=O)[O-])cnc3c(F)c(Br)c(Cl)cc23)CN(C(=O)OC(C)(C)C)C1. The van der Waals surface area contributed by atoms with Crippen LogP contribution in [0.3, 0.4) is 0 Å². The molecule has 1 amide bonds. The van der Waals surface area contributed by atoms with Gasteiger partial charge in [-0.15, -0.1) is 0 Å². The van der Waals surface area contributed by atoms with E-state index in [1.54, 1.807) is 27.7 Å². The summed E-state index contributed by atoms with van der Waals surface area (Å²) in [6.45, 7) is 6.37. The zero-order valence-corrected chi connectivity index (χ0v) is 20.5. The number of hydrogen-bond acceptors (Lipinski definition) is 8. The molecule has 0 saturated carbocycles. The van der Waals surface area contributed by atoms with Crippen LogP contribution in [0.25, 0.3) is 10.9 Å². The summed E-state index contributed by atoms with van der Waals surface area (Å²) >= 11 is 9.10. The van der Waals surface area contributed by atoms with Gasteiger partial charge in [-0.05, 0) is 49.7 Å². The molecule has 0 radical (unpaired) electrons. The van der Waals surface area contributed by atoms with Crippen LogP contribution in [-0.2, 0) is 14.3 Å². The van der Waals surface area contributed by atoms with Gasteiger partial charge in [0.2, 0.25) is 0 Å². The third kappa shape index (κ3) is 4.81. The molecule has 1 N–H and O–H groups in total. The fourth-order valence-corrected chi connectivity index (χ4v) is 3.82. The Kier molecular flexibility index (Phi) is 6.72. The molecular formula is C20H21BrClFN4O6. The van der Waals surface area contributed by atoms with E-state index in [1.807, 2.05) is 0 Å². The lowest BCUT2D eigenvalue weighted by molar-refractivity contribution is -0.384. The summed E-state index contributed by atoms with van der Waals surface area (Å²) < 4.78 is 25.2. The summed E-state index contributed by atoms with van der Waals surface area (Å²) in [6.07, 6.45) is 0.230. The van der Waals surface area contributed by atoms with Gasteiger partial charge in [0.05, 0.1) is 34.1 Å². The first-order chi connectivity index (χ1) is 15.3. The molecule has 2 heterocycles. The zero-order chi connectivity index (χ0) is 24.7. The molecule has 10 nitrogen and oxygen atoms in total. The van der Waals surface area contributed by atoms with Crippen LogP contribution < -0.4 is 5.32 Å². The molecule has 178 valence electrons. The molecule has 1 aliphatic heterocycles. The van der Waals surface area contributed by atoms with Crippen molar-refractivity contribution < 1.29 is 28.4 Å². The Morgan fingerprint density at radius 1 is 1.42 bits per heavy atom. The molecule has 1 fully saturated rings. The fourth-order valence-electron chi connectivity index (χ4n) is 3.33. The van der Waals surface area contributed by atoms with Crippen LogP contribution in [0, 0.1) is 15.9 Å². The molecule has 2 aromatic rings. The topological polar surface area (TPSA) is 124 Å². The van der Waals surface area contributed by atoms with Gasteiger partial charge in [-0.3, -0.25) is 10.1 Å². The van der Waals surface area contributed by atoms with E-state index in [4.69, 9.17) is 21.1 Å². The maximum Gasteiger partial charge on any atom is 0.410 e. The maximum atomic E-state index is 14.8. The van der Waals surface area contributed by atoms with E-state index in [0.717, 1.165) is 6.20 Å². The molecule has 1 saturated heterocycles. The van der Waals surface area contributed by atoms with E-state index < -0.39 is 39.6 Å². The Labute approximate surface area is 201 Å². The van der Waals surface area contributed by atoms with Crippen molar-refractivity contribution in [3.63, 3.8) is 0 Å². The number of aromatic nitrogens is 1. The molecule has 0 aliphatic carbocycles. The normalized spacial score (nSPS) is 15.1. The Morgan fingerprint density at radius 3 is 2.61 bits per heavy atom. The van der Waals surface area contributed by atoms with E-state index in [2.05, 4.69) is 26.2 Å². The van der Waals surface area contributed by atoms with Crippen molar-refractivity contribution in [3.05, 3.63) is 37.7 Å². The van der Waals surface area contributed by atoms with Gasteiger partial charge >= 0.3 is 17.7 Å². The number of carbonyl (C=O) groups excluding carboxylic acids is 2. The highest BCUT2D eigenvalue weighted by Crippen LogP contribution is 2.41. The van der Waals surface area contributed by atoms with Gasteiger partial charge in [0.15, 0.2) is 11.4 Å². The number of nitrogens with one attached hydrogen (secondary N) is 1. The van der Waals surface area contributed by atoms with E-state index in [-0.39, 0.29) is 45.8 Å². The number of nitro groups is 1. The third-order valence-electron chi connectivity index (χ3n) is 4.78. The number of esters is 1. The van der Waals surface area contributed by atoms with Gasteiger partial charge in [-0.25, -0.2) is 19.0 Å². The van der Waals surface area contributed by atoms with Crippen LogP contribution in [-0.4, -0.2) is 57.7 Å². The van der Waals surface area contributed by atoms with Crippen molar-refractivity contribution in [1.29, 1.82) is 0 Å². The Morgan fingerprint density at radius 2 is 2.06 bits per heavy atom. The number of pyridine rings is 1. The number of nitrogens with zero attached hydrogens (tertiary/aromatic N) is 3. The number of carbonyl (C=O) groups is 2. The van der Waals surface area contributed by atoms with Crippen LogP contribution in [0.1, 0.15) is 27.7 Å². The smallest absolute Gasteiger partial charge is 0.410 e. The second kappa shape index (κ2) is 8.90. The van der Waals surface area contributed by atoms with Gasteiger partial charge < -0.3 is 19.7 Å².